The first-order chi connectivity index (χ1) is 12.0. The highest BCUT2D eigenvalue weighted by Gasteiger charge is 2.28. The van der Waals surface area contributed by atoms with Crippen molar-refractivity contribution in [2.45, 2.75) is 45.7 Å². The Kier molecular flexibility index (Phi) is 7.10. The maximum absolute atomic E-state index is 12.6. The molecule has 1 aromatic rings. The van der Waals surface area contributed by atoms with Crippen molar-refractivity contribution in [2.24, 2.45) is 5.92 Å². The van der Waals surface area contributed by atoms with Crippen molar-refractivity contribution in [3.05, 3.63) is 29.8 Å². The first-order valence-corrected chi connectivity index (χ1v) is 9.01. The molecule has 0 saturated carbocycles. The fourth-order valence-corrected chi connectivity index (χ4v) is 2.89. The third-order valence-electron chi connectivity index (χ3n) is 4.79. The molecule has 0 spiro atoms. The molecule has 25 heavy (non-hydrogen) atoms. The molecule has 2 atom stereocenters. The number of likely N-dealkylation sites (tertiary alicyclic amines) is 1. The van der Waals surface area contributed by atoms with Gasteiger partial charge >= 0.3 is 6.03 Å². The Bertz CT molecular complexity index is 568. The third-order valence-corrected chi connectivity index (χ3v) is 4.79. The fourth-order valence-electron chi connectivity index (χ4n) is 2.89. The maximum Gasteiger partial charge on any atom is 0.318 e. The Morgan fingerprint density at radius 2 is 1.84 bits per heavy atom. The smallest absolute Gasteiger partial charge is 0.318 e. The predicted molar refractivity (Wildman–Crippen MR) is 97.4 cm³/mol. The van der Waals surface area contributed by atoms with Gasteiger partial charge in [-0.2, -0.15) is 0 Å². The summed E-state index contributed by atoms with van der Waals surface area (Å²) in [6, 6.07) is 6.91. The molecule has 2 rings (SSSR count). The summed E-state index contributed by atoms with van der Waals surface area (Å²) in [5, 5.41) is 5.85. The van der Waals surface area contributed by atoms with E-state index in [9.17, 15) is 9.59 Å². The van der Waals surface area contributed by atoms with E-state index in [1.165, 1.54) is 0 Å². The van der Waals surface area contributed by atoms with Crippen LogP contribution in [-0.2, 0) is 11.3 Å². The van der Waals surface area contributed by atoms with Crippen LogP contribution in [0.15, 0.2) is 24.3 Å². The standard InChI is InChI=1S/C19H29N3O3/c1-4-14(2)17(21-19(24)22-11-5-6-12-22)18(23)20-13-15-7-9-16(25-3)10-8-15/h7-10,14,17H,4-6,11-13H2,1-3H3,(H,20,23)(H,21,24)/t14?,17-/m1/s1. The lowest BCUT2D eigenvalue weighted by Crippen LogP contribution is -2.53. The maximum atomic E-state index is 12.6. The first kappa shape index (κ1) is 19.1. The fraction of sp³-hybridized carbons (Fsp3) is 0.579. The quantitative estimate of drug-likeness (QED) is 0.796. The van der Waals surface area contributed by atoms with Gasteiger partial charge in [0.25, 0.3) is 0 Å². The number of rotatable bonds is 7. The van der Waals surface area contributed by atoms with Gasteiger partial charge in [0.05, 0.1) is 7.11 Å². The molecular formula is C19H29N3O3. The number of carbonyl (C=O) groups is 2. The summed E-state index contributed by atoms with van der Waals surface area (Å²) in [5.74, 6) is 0.713. The molecule has 1 aromatic carbocycles. The Labute approximate surface area is 149 Å². The molecule has 3 amide bonds. The topological polar surface area (TPSA) is 70.7 Å². The number of methoxy groups -OCH3 is 1. The van der Waals surface area contributed by atoms with Crippen molar-refractivity contribution >= 4 is 11.9 Å². The summed E-state index contributed by atoms with van der Waals surface area (Å²) >= 11 is 0. The number of nitrogens with zero attached hydrogens (tertiary/aromatic N) is 1. The zero-order valence-electron chi connectivity index (χ0n) is 15.4. The van der Waals surface area contributed by atoms with Crippen LogP contribution in [0.1, 0.15) is 38.7 Å². The highest BCUT2D eigenvalue weighted by molar-refractivity contribution is 5.87. The molecule has 1 unspecified atom stereocenters. The normalized spacial score (nSPS) is 16.2. The lowest BCUT2D eigenvalue weighted by atomic mass is 9.98. The molecule has 1 fully saturated rings. The number of benzene rings is 1. The van der Waals surface area contributed by atoms with Crippen LogP contribution in [0.5, 0.6) is 5.75 Å². The minimum atomic E-state index is -0.517. The van der Waals surface area contributed by atoms with E-state index >= 15 is 0 Å². The van der Waals surface area contributed by atoms with Crippen LogP contribution in [-0.4, -0.2) is 43.1 Å². The zero-order valence-corrected chi connectivity index (χ0v) is 15.4. The molecule has 138 valence electrons. The number of amides is 3. The molecule has 1 aliphatic heterocycles. The van der Waals surface area contributed by atoms with Gasteiger partial charge in [-0.25, -0.2) is 4.79 Å². The summed E-state index contributed by atoms with van der Waals surface area (Å²) in [5.41, 5.74) is 0.989. The van der Waals surface area contributed by atoms with E-state index < -0.39 is 6.04 Å². The van der Waals surface area contributed by atoms with Gasteiger partial charge in [-0.05, 0) is 36.5 Å². The van der Waals surface area contributed by atoms with E-state index in [0.29, 0.717) is 6.54 Å². The summed E-state index contributed by atoms with van der Waals surface area (Å²) in [7, 11) is 1.62. The summed E-state index contributed by atoms with van der Waals surface area (Å²) in [4.78, 5) is 26.8. The third kappa shape index (κ3) is 5.37. The molecule has 6 heteroatoms. The molecule has 0 radical (unpaired) electrons. The molecule has 0 aliphatic carbocycles. The second-order valence-corrected chi connectivity index (χ2v) is 6.57. The Morgan fingerprint density at radius 1 is 1.20 bits per heavy atom. The van der Waals surface area contributed by atoms with Crippen molar-refractivity contribution in [3.8, 4) is 5.75 Å². The molecule has 1 saturated heterocycles. The van der Waals surface area contributed by atoms with Crippen LogP contribution in [0.3, 0.4) is 0 Å². The molecule has 2 N–H and O–H groups in total. The van der Waals surface area contributed by atoms with Gasteiger partial charge in [0.1, 0.15) is 11.8 Å². The minimum absolute atomic E-state index is 0.0717. The first-order valence-electron chi connectivity index (χ1n) is 9.01. The molecule has 1 aliphatic rings. The Hall–Kier alpha value is -2.24. The van der Waals surface area contributed by atoms with Gasteiger partial charge in [0.15, 0.2) is 0 Å². The highest BCUT2D eigenvalue weighted by atomic mass is 16.5. The zero-order chi connectivity index (χ0) is 18.2. The van der Waals surface area contributed by atoms with Crippen LogP contribution >= 0.6 is 0 Å². The average Bonchev–Trinajstić information content (AvgIpc) is 3.18. The van der Waals surface area contributed by atoms with Crippen molar-refractivity contribution in [3.63, 3.8) is 0 Å². The minimum Gasteiger partial charge on any atom is -0.497 e. The van der Waals surface area contributed by atoms with E-state index in [2.05, 4.69) is 10.6 Å². The van der Waals surface area contributed by atoms with E-state index in [0.717, 1.165) is 43.7 Å². The van der Waals surface area contributed by atoms with Gasteiger partial charge in [0, 0.05) is 19.6 Å². The molecule has 0 aromatic heterocycles. The summed E-state index contributed by atoms with van der Waals surface area (Å²) < 4.78 is 5.13. The number of ether oxygens (including phenoxy) is 1. The van der Waals surface area contributed by atoms with Gasteiger partial charge in [-0.15, -0.1) is 0 Å². The van der Waals surface area contributed by atoms with Gasteiger partial charge in [-0.3, -0.25) is 4.79 Å². The predicted octanol–water partition coefficient (Wildman–Crippen LogP) is 2.53. The van der Waals surface area contributed by atoms with Crippen LogP contribution in [0.25, 0.3) is 0 Å². The van der Waals surface area contributed by atoms with Gasteiger partial charge < -0.3 is 20.3 Å². The van der Waals surface area contributed by atoms with Crippen LogP contribution in [0.2, 0.25) is 0 Å². The second-order valence-electron chi connectivity index (χ2n) is 6.57. The summed E-state index contributed by atoms with van der Waals surface area (Å²) in [6.07, 6.45) is 2.89. The van der Waals surface area contributed by atoms with Crippen LogP contribution in [0.4, 0.5) is 4.79 Å². The lowest BCUT2D eigenvalue weighted by Gasteiger charge is -2.26. The van der Waals surface area contributed by atoms with Crippen molar-refractivity contribution in [1.29, 1.82) is 0 Å². The highest BCUT2D eigenvalue weighted by Crippen LogP contribution is 2.13. The van der Waals surface area contributed by atoms with Crippen molar-refractivity contribution in [2.75, 3.05) is 20.2 Å². The second kappa shape index (κ2) is 9.30. The Morgan fingerprint density at radius 3 is 2.40 bits per heavy atom. The number of hydrogen-bond donors (Lipinski definition) is 2. The van der Waals surface area contributed by atoms with E-state index in [1.807, 2.05) is 38.1 Å². The van der Waals surface area contributed by atoms with Gasteiger partial charge in [-0.1, -0.05) is 32.4 Å². The molecule has 6 nitrogen and oxygen atoms in total. The number of urea groups is 1. The van der Waals surface area contributed by atoms with E-state index in [-0.39, 0.29) is 17.9 Å². The monoisotopic (exact) mass is 347 g/mol. The number of nitrogens with one attached hydrogen (secondary N) is 2. The average molecular weight is 347 g/mol. The molecule has 1 heterocycles. The summed E-state index contributed by atoms with van der Waals surface area (Å²) in [6.45, 7) is 5.98. The largest absolute Gasteiger partial charge is 0.497 e. The van der Waals surface area contributed by atoms with Gasteiger partial charge in [0.2, 0.25) is 5.91 Å². The van der Waals surface area contributed by atoms with Crippen LogP contribution < -0.4 is 15.4 Å². The molecular weight excluding hydrogens is 318 g/mol. The number of carbonyl (C=O) groups excluding carboxylic acids is 2. The Balaban J connectivity index is 1.93. The molecule has 0 bridgehead atoms. The number of hydrogen-bond acceptors (Lipinski definition) is 3. The van der Waals surface area contributed by atoms with Crippen LogP contribution in [0, 0.1) is 5.92 Å². The SMILES string of the molecule is CCC(C)[C@@H](NC(=O)N1CCCC1)C(=O)NCc1ccc(OC)cc1. The lowest BCUT2D eigenvalue weighted by molar-refractivity contribution is -0.124. The van der Waals surface area contributed by atoms with E-state index in [4.69, 9.17) is 4.74 Å². The van der Waals surface area contributed by atoms with Crippen molar-refractivity contribution < 1.29 is 14.3 Å². The van der Waals surface area contributed by atoms with Crippen molar-refractivity contribution in [1.82, 2.24) is 15.5 Å². The van der Waals surface area contributed by atoms with E-state index in [1.54, 1.807) is 12.0 Å².